The number of hydrogen-bond donors (Lipinski definition) is 2. The second-order valence-corrected chi connectivity index (χ2v) is 5.94. The van der Waals surface area contributed by atoms with Crippen LogP contribution in [0.2, 0.25) is 0 Å². The largest absolute Gasteiger partial charge is 0.306 e. The molecule has 0 fully saturated rings. The Hall–Kier alpha value is -3.36. The van der Waals surface area contributed by atoms with Gasteiger partial charge in [0.05, 0.1) is 5.69 Å². The van der Waals surface area contributed by atoms with Gasteiger partial charge in [0.1, 0.15) is 23.0 Å². The van der Waals surface area contributed by atoms with E-state index in [-0.39, 0.29) is 17.3 Å². The predicted molar refractivity (Wildman–Crippen MR) is 95.1 cm³/mol. The van der Waals surface area contributed by atoms with E-state index >= 15 is 0 Å². The van der Waals surface area contributed by atoms with Crippen molar-refractivity contribution in [3.63, 3.8) is 0 Å². The second-order valence-electron chi connectivity index (χ2n) is 5.94. The minimum Gasteiger partial charge on any atom is -0.306 e. The molecule has 0 aliphatic rings. The molecule has 1 aromatic carbocycles. The maximum Gasteiger partial charge on any atom is 0.262 e. The number of rotatable bonds is 4. The van der Waals surface area contributed by atoms with Crippen molar-refractivity contribution in [2.45, 2.75) is 27.2 Å². The fraction of sp³-hybridized carbons (Fsp3) is 0.222. The number of carbonyl (C=O) groups is 1. The number of amides is 1. The minimum atomic E-state index is -0.982. The van der Waals surface area contributed by atoms with Crippen LogP contribution in [0.15, 0.2) is 29.1 Å². The number of benzene rings is 1. The molecule has 0 bridgehead atoms. The van der Waals surface area contributed by atoms with Crippen LogP contribution in [-0.2, 0) is 6.42 Å². The van der Waals surface area contributed by atoms with E-state index in [1.807, 2.05) is 6.92 Å². The SMILES string of the molecule is CCc1c(C)nc(-n2nc(C)cc2NC(=O)c2c(F)cccc2F)[nH]c1=O. The number of aryl methyl sites for hydroxylation is 2. The summed E-state index contributed by atoms with van der Waals surface area (Å²) in [7, 11) is 0. The monoisotopic (exact) mass is 373 g/mol. The summed E-state index contributed by atoms with van der Waals surface area (Å²) in [4.78, 5) is 31.5. The van der Waals surface area contributed by atoms with Crippen molar-refractivity contribution in [1.82, 2.24) is 19.7 Å². The first kappa shape index (κ1) is 18.4. The lowest BCUT2D eigenvalue weighted by molar-refractivity contribution is 0.101. The van der Waals surface area contributed by atoms with Crippen LogP contribution in [0.4, 0.5) is 14.6 Å². The summed E-state index contributed by atoms with van der Waals surface area (Å²) in [5.74, 6) is -2.73. The Morgan fingerprint density at radius 3 is 2.52 bits per heavy atom. The Morgan fingerprint density at radius 2 is 1.93 bits per heavy atom. The highest BCUT2D eigenvalue weighted by atomic mass is 19.1. The van der Waals surface area contributed by atoms with Crippen LogP contribution in [-0.4, -0.2) is 25.7 Å². The molecular weight excluding hydrogens is 356 g/mol. The van der Waals surface area contributed by atoms with E-state index in [1.165, 1.54) is 16.8 Å². The molecule has 2 N–H and O–H groups in total. The van der Waals surface area contributed by atoms with Crippen LogP contribution >= 0.6 is 0 Å². The number of nitrogens with zero attached hydrogens (tertiary/aromatic N) is 3. The van der Waals surface area contributed by atoms with E-state index in [2.05, 4.69) is 20.4 Å². The van der Waals surface area contributed by atoms with Crippen LogP contribution in [0.1, 0.15) is 34.2 Å². The smallest absolute Gasteiger partial charge is 0.262 e. The maximum absolute atomic E-state index is 13.8. The Labute approximate surface area is 153 Å². The van der Waals surface area contributed by atoms with Gasteiger partial charge in [-0.2, -0.15) is 9.78 Å². The highest BCUT2D eigenvalue weighted by molar-refractivity contribution is 6.04. The van der Waals surface area contributed by atoms with Crippen molar-refractivity contribution in [3.8, 4) is 5.95 Å². The average molecular weight is 373 g/mol. The summed E-state index contributed by atoms with van der Waals surface area (Å²) in [5.41, 5.74) is 0.565. The van der Waals surface area contributed by atoms with E-state index in [4.69, 9.17) is 0 Å². The number of carbonyl (C=O) groups excluding carboxylic acids is 1. The summed E-state index contributed by atoms with van der Waals surface area (Å²) in [6, 6.07) is 4.65. The van der Waals surface area contributed by atoms with Gasteiger partial charge in [-0.1, -0.05) is 13.0 Å². The molecule has 0 atom stereocenters. The molecule has 3 rings (SSSR count). The van der Waals surface area contributed by atoms with E-state index in [9.17, 15) is 18.4 Å². The number of H-pyrrole nitrogens is 1. The van der Waals surface area contributed by atoms with Crippen molar-refractivity contribution in [3.05, 3.63) is 68.8 Å². The van der Waals surface area contributed by atoms with Gasteiger partial charge in [-0.05, 0) is 32.4 Å². The Kier molecular flexibility index (Phi) is 4.85. The van der Waals surface area contributed by atoms with E-state index < -0.39 is 23.1 Å². The molecule has 9 heteroatoms. The van der Waals surface area contributed by atoms with Gasteiger partial charge in [0.15, 0.2) is 0 Å². The molecule has 140 valence electrons. The molecule has 1 amide bonds. The molecule has 0 aliphatic heterocycles. The first-order valence-corrected chi connectivity index (χ1v) is 8.24. The zero-order valence-corrected chi connectivity index (χ0v) is 14.9. The summed E-state index contributed by atoms with van der Waals surface area (Å²) in [6.07, 6.45) is 0.517. The van der Waals surface area contributed by atoms with Crippen molar-refractivity contribution >= 4 is 11.7 Å². The Balaban J connectivity index is 2.03. The predicted octanol–water partition coefficient (Wildman–Crippen LogP) is 2.67. The van der Waals surface area contributed by atoms with E-state index in [0.717, 1.165) is 12.1 Å². The second kappa shape index (κ2) is 7.10. The standard InChI is InChI=1S/C18H17F2N5O2/c1-4-11-10(3)21-18(23-16(11)26)25-14(8-9(2)24-25)22-17(27)15-12(19)6-5-7-13(15)20/h5-8H,4H2,1-3H3,(H,22,27)(H,21,23,26). The van der Waals surface area contributed by atoms with Gasteiger partial charge in [-0.25, -0.2) is 13.8 Å². The summed E-state index contributed by atoms with van der Waals surface area (Å²) >= 11 is 0. The van der Waals surface area contributed by atoms with Crippen LogP contribution in [0.5, 0.6) is 0 Å². The number of halogens is 2. The third-order valence-electron chi connectivity index (χ3n) is 4.03. The molecule has 2 heterocycles. The molecule has 0 aliphatic carbocycles. The first-order chi connectivity index (χ1) is 12.8. The lowest BCUT2D eigenvalue weighted by atomic mass is 10.2. The van der Waals surface area contributed by atoms with Crippen LogP contribution in [0.25, 0.3) is 5.95 Å². The van der Waals surface area contributed by atoms with Crippen LogP contribution < -0.4 is 10.9 Å². The lowest BCUT2D eigenvalue weighted by Gasteiger charge is -2.10. The normalized spacial score (nSPS) is 10.9. The zero-order chi connectivity index (χ0) is 19.7. The van der Waals surface area contributed by atoms with Gasteiger partial charge in [-0.3, -0.25) is 14.6 Å². The van der Waals surface area contributed by atoms with Gasteiger partial charge in [0.25, 0.3) is 11.5 Å². The van der Waals surface area contributed by atoms with Gasteiger partial charge in [0.2, 0.25) is 5.95 Å². The topological polar surface area (TPSA) is 92.7 Å². The number of aromatic nitrogens is 4. The molecule has 0 unspecified atom stereocenters. The van der Waals surface area contributed by atoms with E-state index in [0.29, 0.717) is 23.4 Å². The van der Waals surface area contributed by atoms with Gasteiger partial charge in [-0.15, -0.1) is 0 Å². The minimum absolute atomic E-state index is 0.0899. The van der Waals surface area contributed by atoms with Crippen molar-refractivity contribution < 1.29 is 13.6 Å². The van der Waals surface area contributed by atoms with Crippen molar-refractivity contribution in [2.75, 3.05) is 5.32 Å². The molecule has 0 radical (unpaired) electrons. The fourth-order valence-electron chi connectivity index (χ4n) is 2.76. The third kappa shape index (κ3) is 3.48. The summed E-state index contributed by atoms with van der Waals surface area (Å²) < 4.78 is 28.9. The molecule has 27 heavy (non-hydrogen) atoms. The van der Waals surface area contributed by atoms with Crippen LogP contribution in [0, 0.1) is 25.5 Å². The molecule has 2 aromatic heterocycles. The van der Waals surface area contributed by atoms with Crippen molar-refractivity contribution in [2.24, 2.45) is 0 Å². The highest BCUT2D eigenvalue weighted by Crippen LogP contribution is 2.18. The first-order valence-electron chi connectivity index (χ1n) is 8.24. The van der Waals surface area contributed by atoms with Gasteiger partial charge < -0.3 is 5.32 Å². The highest BCUT2D eigenvalue weighted by Gasteiger charge is 2.20. The van der Waals surface area contributed by atoms with E-state index in [1.54, 1.807) is 13.8 Å². The Morgan fingerprint density at radius 1 is 1.26 bits per heavy atom. The fourth-order valence-corrected chi connectivity index (χ4v) is 2.76. The number of anilines is 1. The third-order valence-corrected chi connectivity index (χ3v) is 4.03. The lowest BCUT2D eigenvalue weighted by Crippen LogP contribution is -2.22. The molecule has 7 nitrogen and oxygen atoms in total. The maximum atomic E-state index is 13.8. The molecular formula is C18H17F2N5O2. The molecule has 0 spiro atoms. The molecule has 0 saturated heterocycles. The average Bonchev–Trinajstić information content (AvgIpc) is 2.94. The number of nitrogens with one attached hydrogen (secondary N) is 2. The molecule has 3 aromatic rings. The molecule has 0 saturated carbocycles. The van der Waals surface area contributed by atoms with Gasteiger partial charge in [0, 0.05) is 17.3 Å². The zero-order valence-electron chi connectivity index (χ0n) is 14.9. The number of hydrogen-bond acceptors (Lipinski definition) is 4. The number of aromatic amines is 1. The summed E-state index contributed by atoms with van der Waals surface area (Å²) in [5, 5.41) is 6.61. The Bertz CT molecular complexity index is 1070. The van der Waals surface area contributed by atoms with Crippen molar-refractivity contribution in [1.29, 1.82) is 0 Å². The quantitative estimate of drug-likeness (QED) is 0.735. The summed E-state index contributed by atoms with van der Waals surface area (Å²) in [6.45, 7) is 5.20. The van der Waals surface area contributed by atoms with Gasteiger partial charge >= 0.3 is 0 Å². The van der Waals surface area contributed by atoms with Crippen LogP contribution in [0.3, 0.4) is 0 Å².